The number of hydrogen-bond acceptors (Lipinski definition) is 3. The Morgan fingerprint density at radius 3 is 2.52 bits per heavy atom. The lowest BCUT2D eigenvalue weighted by atomic mass is 9.92. The number of fused-ring (bicyclic) bond motifs is 1. The van der Waals surface area contributed by atoms with E-state index < -0.39 is 5.38 Å². The number of aromatic amines is 1. The number of anilines is 1. The third kappa shape index (κ3) is 3.94. The molecule has 3 heterocycles. The van der Waals surface area contributed by atoms with Crippen molar-refractivity contribution in [2.24, 2.45) is 0 Å². The molecule has 1 aromatic carbocycles. The van der Waals surface area contributed by atoms with E-state index in [4.69, 9.17) is 11.6 Å². The van der Waals surface area contributed by atoms with Crippen molar-refractivity contribution in [3.8, 4) is 0 Å². The summed E-state index contributed by atoms with van der Waals surface area (Å²) in [5.41, 5.74) is 6.72. The molecule has 2 aliphatic heterocycles. The highest BCUT2D eigenvalue weighted by Crippen LogP contribution is 2.37. The average Bonchev–Trinajstić information content (AvgIpc) is 3.13. The van der Waals surface area contributed by atoms with Gasteiger partial charge in [0, 0.05) is 35.7 Å². The summed E-state index contributed by atoms with van der Waals surface area (Å²) in [6.07, 6.45) is 4.30. The SMILES string of the molecule is CC1=C(c2[nH]c3ccc(N4CCC(N(C)C)CC4)cc3c2C(C)C)C=[N+](C)C(=O)C1Cl. The van der Waals surface area contributed by atoms with Crippen LogP contribution >= 0.6 is 11.6 Å². The normalized spacial score (nSPS) is 21.1. The second kappa shape index (κ2) is 8.44. The number of aromatic nitrogens is 1. The van der Waals surface area contributed by atoms with Crippen molar-refractivity contribution >= 4 is 45.9 Å². The van der Waals surface area contributed by atoms with Gasteiger partial charge in [-0.2, -0.15) is 4.58 Å². The van der Waals surface area contributed by atoms with Gasteiger partial charge in [0.15, 0.2) is 11.6 Å². The van der Waals surface area contributed by atoms with Crippen LogP contribution in [0.5, 0.6) is 0 Å². The average molecular weight is 442 g/mol. The topological polar surface area (TPSA) is 42.4 Å². The highest BCUT2D eigenvalue weighted by molar-refractivity contribution is 6.34. The Labute approximate surface area is 190 Å². The van der Waals surface area contributed by atoms with Crippen LogP contribution in [0.4, 0.5) is 5.69 Å². The maximum absolute atomic E-state index is 12.3. The summed E-state index contributed by atoms with van der Waals surface area (Å²) in [6.45, 7) is 8.59. The highest BCUT2D eigenvalue weighted by atomic mass is 35.5. The van der Waals surface area contributed by atoms with E-state index in [2.05, 4.69) is 60.9 Å². The summed E-state index contributed by atoms with van der Waals surface area (Å²) in [5.74, 6) is 0.262. The molecule has 31 heavy (non-hydrogen) atoms. The van der Waals surface area contributed by atoms with Gasteiger partial charge < -0.3 is 14.8 Å². The van der Waals surface area contributed by atoms with Crippen molar-refractivity contribution in [3.05, 3.63) is 35.0 Å². The minimum absolute atomic E-state index is 0.0754. The predicted molar refractivity (Wildman–Crippen MR) is 131 cm³/mol. The number of H-pyrrole nitrogens is 1. The van der Waals surface area contributed by atoms with Gasteiger partial charge in [0.1, 0.15) is 7.05 Å². The third-order valence-electron chi connectivity index (χ3n) is 6.92. The van der Waals surface area contributed by atoms with E-state index in [1.807, 2.05) is 13.1 Å². The summed E-state index contributed by atoms with van der Waals surface area (Å²) < 4.78 is 1.61. The molecule has 166 valence electrons. The monoisotopic (exact) mass is 441 g/mol. The molecule has 4 rings (SSSR count). The van der Waals surface area contributed by atoms with Crippen LogP contribution in [0.15, 0.2) is 23.8 Å². The smallest absolute Gasteiger partial charge is 0.371 e. The number of amides is 1. The molecular formula is C25H34ClN4O+. The minimum atomic E-state index is -0.620. The molecule has 0 bridgehead atoms. The van der Waals surface area contributed by atoms with Gasteiger partial charge in [0.2, 0.25) is 0 Å². The van der Waals surface area contributed by atoms with Crippen LogP contribution in [0.2, 0.25) is 0 Å². The Morgan fingerprint density at radius 1 is 1.23 bits per heavy atom. The first-order valence-electron chi connectivity index (χ1n) is 11.2. The van der Waals surface area contributed by atoms with Crippen molar-refractivity contribution in [2.75, 3.05) is 39.1 Å². The molecule has 0 spiro atoms. The quantitative estimate of drug-likeness (QED) is 0.562. The lowest BCUT2D eigenvalue weighted by Gasteiger charge is -2.36. The largest absolute Gasteiger partial charge is 0.408 e. The van der Waals surface area contributed by atoms with Crippen LogP contribution in [-0.2, 0) is 4.79 Å². The van der Waals surface area contributed by atoms with Crippen molar-refractivity contribution in [1.82, 2.24) is 9.88 Å². The summed E-state index contributed by atoms with van der Waals surface area (Å²) in [4.78, 5) is 20.8. The number of piperidine rings is 1. The molecule has 1 saturated heterocycles. The summed E-state index contributed by atoms with van der Waals surface area (Å²) in [7, 11) is 6.13. The van der Waals surface area contributed by atoms with E-state index in [0.29, 0.717) is 12.0 Å². The Balaban J connectivity index is 1.76. The molecule has 1 atom stereocenters. The molecule has 2 aromatic rings. The molecule has 6 heteroatoms. The van der Waals surface area contributed by atoms with Gasteiger partial charge in [-0.05, 0) is 69.1 Å². The number of halogens is 1. The van der Waals surface area contributed by atoms with Crippen LogP contribution in [0, 0.1) is 0 Å². The van der Waals surface area contributed by atoms with Gasteiger partial charge in [-0.3, -0.25) is 0 Å². The van der Waals surface area contributed by atoms with Gasteiger partial charge in [-0.15, -0.1) is 11.6 Å². The standard InChI is InChI=1S/C25H34ClN4O/c1-15(2)22-19-13-18(30-11-9-17(10-12-30)28(4)5)7-8-21(19)27-24(22)20-14-29(6)25(31)23(26)16(20)3/h7-8,13-15,17,23,27H,9-12H2,1-6H3/q+1. The lowest BCUT2D eigenvalue weighted by molar-refractivity contribution is -0.413. The number of hydrogen-bond donors (Lipinski definition) is 1. The molecule has 1 fully saturated rings. The Morgan fingerprint density at radius 2 is 1.90 bits per heavy atom. The molecule has 0 saturated carbocycles. The maximum atomic E-state index is 12.3. The van der Waals surface area contributed by atoms with Crippen LogP contribution in [0.3, 0.4) is 0 Å². The van der Waals surface area contributed by atoms with Crippen LogP contribution < -0.4 is 4.90 Å². The number of carbonyl (C=O) groups is 1. The summed E-state index contributed by atoms with van der Waals surface area (Å²) >= 11 is 6.46. The molecular weight excluding hydrogens is 408 g/mol. The second-order valence-electron chi connectivity index (χ2n) is 9.52. The number of allylic oxidation sites excluding steroid dienone is 1. The fraction of sp³-hybridized carbons (Fsp3) is 0.520. The number of nitrogens with one attached hydrogen (secondary N) is 1. The van der Waals surface area contributed by atoms with Crippen molar-refractivity contribution in [1.29, 1.82) is 0 Å². The third-order valence-corrected chi connectivity index (χ3v) is 7.44. The van der Waals surface area contributed by atoms with E-state index in [-0.39, 0.29) is 5.91 Å². The fourth-order valence-electron chi connectivity index (χ4n) is 4.97. The molecule has 1 aromatic heterocycles. The van der Waals surface area contributed by atoms with Gasteiger partial charge in [0.25, 0.3) is 0 Å². The zero-order chi connectivity index (χ0) is 22.4. The molecule has 5 nitrogen and oxygen atoms in total. The number of carbonyl (C=O) groups excluding carboxylic acids is 1. The van der Waals surface area contributed by atoms with Crippen LogP contribution in [-0.4, -0.2) is 72.2 Å². The molecule has 0 aliphatic carbocycles. The van der Waals surface area contributed by atoms with Crippen molar-refractivity contribution < 1.29 is 9.37 Å². The number of alkyl halides is 1. The van der Waals surface area contributed by atoms with Crippen molar-refractivity contribution in [3.63, 3.8) is 0 Å². The van der Waals surface area contributed by atoms with Crippen LogP contribution in [0.25, 0.3) is 16.5 Å². The number of rotatable bonds is 4. The van der Waals surface area contributed by atoms with E-state index in [9.17, 15) is 4.79 Å². The van der Waals surface area contributed by atoms with Crippen molar-refractivity contribution in [2.45, 2.75) is 50.9 Å². The Bertz CT molecular complexity index is 1070. The highest BCUT2D eigenvalue weighted by Gasteiger charge is 2.35. The van der Waals surface area contributed by atoms with Gasteiger partial charge >= 0.3 is 5.91 Å². The minimum Gasteiger partial charge on any atom is -0.371 e. The Hall–Kier alpha value is -2.11. The summed E-state index contributed by atoms with van der Waals surface area (Å²) in [6, 6.07) is 7.44. The molecule has 0 radical (unpaired) electrons. The van der Waals surface area contributed by atoms with E-state index in [1.54, 1.807) is 11.6 Å². The molecule has 1 unspecified atom stereocenters. The second-order valence-corrected chi connectivity index (χ2v) is 9.95. The van der Waals surface area contributed by atoms with E-state index in [1.165, 1.54) is 29.5 Å². The first kappa shape index (κ1) is 22.1. The molecule has 1 amide bonds. The summed E-state index contributed by atoms with van der Waals surface area (Å²) in [5, 5.41) is 0.640. The molecule has 1 N–H and O–H groups in total. The van der Waals surface area contributed by atoms with E-state index >= 15 is 0 Å². The Kier molecular flexibility index (Phi) is 6.01. The zero-order valence-electron chi connectivity index (χ0n) is 19.5. The maximum Gasteiger partial charge on any atom is 0.408 e. The van der Waals surface area contributed by atoms with Crippen LogP contribution in [0.1, 0.15) is 50.8 Å². The first-order chi connectivity index (χ1) is 14.7. The van der Waals surface area contributed by atoms with Gasteiger partial charge in [0.05, 0.1) is 11.3 Å². The van der Waals surface area contributed by atoms with Gasteiger partial charge in [-0.1, -0.05) is 13.8 Å². The lowest BCUT2D eigenvalue weighted by Crippen LogP contribution is -2.41. The van der Waals surface area contributed by atoms with E-state index in [0.717, 1.165) is 35.4 Å². The number of benzene rings is 1. The van der Waals surface area contributed by atoms with Gasteiger partial charge in [-0.25, -0.2) is 4.79 Å². The first-order valence-corrected chi connectivity index (χ1v) is 11.7. The predicted octanol–water partition coefficient (Wildman–Crippen LogP) is 4.46. The number of nitrogens with zero attached hydrogens (tertiary/aromatic N) is 3. The molecule has 2 aliphatic rings. The zero-order valence-corrected chi connectivity index (χ0v) is 20.3. The fourth-order valence-corrected chi connectivity index (χ4v) is 5.24.